The van der Waals surface area contributed by atoms with Gasteiger partial charge >= 0.3 is 6.18 Å². The molecule has 0 aliphatic carbocycles. The van der Waals surface area contributed by atoms with Crippen LogP contribution in [0.4, 0.5) is 18.9 Å². The van der Waals surface area contributed by atoms with Crippen molar-refractivity contribution in [1.82, 2.24) is 26.2 Å². The summed E-state index contributed by atoms with van der Waals surface area (Å²) in [7, 11) is 4.84. The second-order valence-electron chi connectivity index (χ2n) is 9.40. The van der Waals surface area contributed by atoms with Gasteiger partial charge in [0.1, 0.15) is 12.1 Å². The molecule has 2 aromatic rings. The number of halogens is 3. The Morgan fingerprint density at radius 1 is 0.902 bits per heavy atom. The third-order valence-corrected chi connectivity index (χ3v) is 6.39. The smallest absolute Gasteiger partial charge is 0.381 e. The Hall–Kier alpha value is -3.52. The fourth-order valence-corrected chi connectivity index (χ4v) is 4.08. The van der Waals surface area contributed by atoms with Crippen molar-refractivity contribution in [2.75, 3.05) is 52.6 Å². The van der Waals surface area contributed by atoms with Gasteiger partial charge in [0.15, 0.2) is 6.10 Å². The van der Waals surface area contributed by atoms with Crippen LogP contribution in [0.25, 0.3) is 0 Å². The molecule has 0 bridgehead atoms. The molecule has 3 amide bonds. The first-order valence-corrected chi connectivity index (χ1v) is 13.3. The Labute approximate surface area is 238 Å². The van der Waals surface area contributed by atoms with Crippen LogP contribution < -0.4 is 26.6 Å². The maximum Gasteiger partial charge on any atom is 0.416 e. The molecule has 3 unspecified atom stereocenters. The summed E-state index contributed by atoms with van der Waals surface area (Å²) in [6.07, 6.45) is -5.87. The number of benzene rings is 2. The highest BCUT2D eigenvalue weighted by molar-refractivity contribution is 5.99. The summed E-state index contributed by atoms with van der Waals surface area (Å²) in [5.41, 5.74) is -0.143. The lowest BCUT2D eigenvalue weighted by molar-refractivity contribution is -0.145. The SMILES string of the molecule is CNCCN(CCNC)C(=O)C(O)C(NC)C(=O)NC(CCc1ccccc1)C(=O)Nc1cccc(C(F)(F)F)c1. The molecule has 10 nitrogen and oxygen atoms in total. The van der Waals surface area contributed by atoms with E-state index in [4.69, 9.17) is 0 Å². The van der Waals surface area contributed by atoms with Crippen molar-refractivity contribution in [3.8, 4) is 0 Å². The highest BCUT2D eigenvalue weighted by Crippen LogP contribution is 2.30. The molecular formula is C28H39F3N6O4. The second kappa shape index (κ2) is 16.7. The van der Waals surface area contributed by atoms with Crippen LogP contribution in [0.3, 0.4) is 0 Å². The lowest BCUT2D eigenvalue weighted by Crippen LogP contribution is -2.59. The van der Waals surface area contributed by atoms with E-state index >= 15 is 0 Å². The molecule has 226 valence electrons. The minimum absolute atomic E-state index is 0.0890. The standard InChI is InChI=1S/C28H39F3N6O4/c1-32-14-16-37(17-15-33-2)27(41)24(38)23(34-3)26(40)36-22(13-12-19-8-5-4-6-9-19)25(39)35-21-11-7-10-20(18-21)28(29,30)31/h4-11,18,22-24,32-34,38H,12-17H2,1-3H3,(H,35,39)(H,36,40). The fourth-order valence-electron chi connectivity index (χ4n) is 4.08. The van der Waals surface area contributed by atoms with Crippen LogP contribution in [0, 0.1) is 0 Å². The van der Waals surface area contributed by atoms with Crippen molar-refractivity contribution in [3.05, 3.63) is 65.7 Å². The molecule has 0 radical (unpaired) electrons. The summed E-state index contributed by atoms with van der Waals surface area (Å²) in [5.74, 6) is -2.22. The Bertz CT molecular complexity index is 1110. The van der Waals surface area contributed by atoms with Gasteiger partial charge in [-0.2, -0.15) is 13.2 Å². The number of hydrogen-bond donors (Lipinski definition) is 6. The number of hydrogen-bond acceptors (Lipinski definition) is 7. The van der Waals surface area contributed by atoms with Gasteiger partial charge in [0, 0.05) is 31.9 Å². The number of carbonyl (C=O) groups is 3. The summed E-state index contributed by atoms with van der Waals surface area (Å²) < 4.78 is 39.5. The topological polar surface area (TPSA) is 135 Å². The van der Waals surface area contributed by atoms with Gasteiger partial charge in [-0.1, -0.05) is 36.4 Å². The van der Waals surface area contributed by atoms with Crippen LogP contribution >= 0.6 is 0 Å². The Morgan fingerprint density at radius 3 is 2.10 bits per heavy atom. The summed E-state index contributed by atoms with van der Waals surface area (Å²) in [5, 5.41) is 24.4. The van der Waals surface area contributed by atoms with E-state index in [2.05, 4.69) is 26.6 Å². The summed E-state index contributed by atoms with van der Waals surface area (Å²) in [4.78, 5) is 41.0. The molecule has 6 N–H and O–H groups in total. The van der Waals surface area contributed by atoms with Crippen LogP contribution in [0.15, 0.2) is 54.6 Å². The molecule has 0 heterocycles. The third-order valence-electron chi connectivity index (χ3n) is 6.39. The molecule has 0 saturated heterocycles. The number of nitrogens with zero attached hydrogens (tertiary/aromatic N) is 1. The molecule has 0 aromatic heterocycles. The average molecular weight is 581 g/mol. The zero-order valence-corrected chi connectivity index (χ0v) is 23.4. The average Bonchev–Trinajstić information content (AvgIpc) is 2.95. The molecule has 2 aromatic carbocycles. The number of anilines is 1. The van der Waals surface area contributed by atoms with Crippen LogP contribution in [0.1, 0.15) is 17.5 Å². The zero-order chi connectivity index (χ0) is 30.4. The molecule has 3 atom stereocenters. The van der Waals surface area contributed by atoms with Gasteiger partial charge in [-0.25, -0.2) is 0 Å². The summed E-state index contributed by atoms with van der Waals surface area (Å²) in [6.45, 7) is 1.53. The number of aliphatic hydroxyl groups excluding tert-OH is 1. The second-order valence-corrected chi connectivity index (χ2v) is 9.40. The monoisotopic (exact) mass is 580 g/mol. The molecular weight excluding hydrogens is 541 g/mol. The van der Waals surface area contributed by atoms with Gasteiger partial charge in [-0.05, 0) is 57.7 Å². The van der Waals surface area contributed by atoms with E-state index in [1.807, 2.05) is 30.3 Å². The first-order valence-electron chi connectivity index (χ1n) is 13.3. The Morgan fingerprint density at radius 2 is 1.54 bits per heavy atom. The van der Waals surface area contributed by atoms with Crippen molar-refractivity contribution in [3.63, 3.8) is 0 Å². The quantitative estimate of drug-likeness (QED) is 0.174. The highest BCUT2D eigenvalue weighted by atomic mass is 19.4. The number of aliphatic hydroxyl groups is 1. The molecule has 0 aliphatic heterocycles. The van der Waals surface area contributed by atoms with Crippen LogP contribution in [0.2, 0.25) is 0 Å². The van der Waals surface area contributed by atoms with Gasteiger partial charge in [0.05, 0.1) is 5.56 Å². The maximum atomic E-state index is 13.3. The number of nitrogens with one attached hydrogen (secondary N) is 5. The molecule has 41 heavy (non-hydrogen) atoms. The van der Waals surface area contributed by atoms with E-state index in [0.717, 1.165) is 17.7 Å². The predicted octanol–water partition coefficient (Wildman–Crippen LogP) is 0.978. The molecule has 2 rings (SSSR count). The van der Waals surface area contributed by atoms with Crippen molar-refractivity contribution in [2.24, 2.45) is 0 Å². The van der Waals surface area contributed by atoms with E-state index in [1.165, 1.54) is 24.1 Å². The molecule has 0 spiro atoms. The van der Waals surface area contributed by atoms with E-state index in [-0.39, 0.29) is 12.1 Å². The normalized spacial score (nSPS) is 13.6. The highest BCUT2D eigenvalue weighted by Gasteiger charge is 2.36. The maximum absolute atomic E-state index is 13.3. The Balaban J connectivity index is 2.23. The number of alkyl halides is 3. The van der Waals surface area contributed by atoms with E-state index < -0.39 is 47.6 Å². The molecule has 0 aliphatic rings. The molecule has 13 heteroatoms. The van der Waals surface area contributed by atoms with Crippen molar-refractivity contribution in [2.45, 2.75) is 37.2 Å². The van der Waals surface area contributed by atoms with Crippen molar-refractivity contribution < 1.29 is 32.7 Å². The molecule has 0 saturated carbocycles. The van der Waals surface area contributed by atoms with Crippen molar-refractivity contribution >= 4 is 23.4 Å². The summed E-state index contributed by atoms with van der Waals surface area (Å²) >= 11 is 0. The minimum Gasteiger partial charge on any atom is -0.381 e. The predicted molar refractivity (Wildman–Crippen MR) is 150 cm³/mol. The minimum atomic E-state index is -4.60. The van der Waals surface area contributed by atoms with E-state index in [1.54, 1.807) is 14.1 Å². The lowest BCUT2D eigenvalue weighted by atomic mass is 10.0. The van der Waals surface area contributed by atoms with Crippen LogP contribution in [-0.4, -0.2) is 93.2 Å². The fraction of sp³-hybridized carbons (Fsp3) is 0.464. The van der Waals surface area contributed by atoms with Gasteiger partial charge in [0.25, 0.3) is 5.91 Å². The van der Waals surface area contributed by atoms with E-state index in [0.29, 0.717) is 32.6 Å². The van der Waals surface area contributed by atoms with Gasteiger partial charge in [-0.15, -0.1) is 0 Å². The number of likely N-dealkylation sites (N-methyl/N-ethyl adjacent to an activating group) is 3. The van der Waals surface area contributed by atoms with Crippen LogP contribution in [0.5, 0.6) is 0 Å². The number of amides is 3. The van der Waals surface area contributed by atoms with Crippen molar-refractivity contribution in [1.29, 1.82) is 0 Å². The zero-order valence-electron chi connectivity index (χ0n) is 23.4. The molecule has 0 fully saturated rings. The van der Waals surface area contributed by atoms with Crippen LogP contribution in [-0.2, 0) is 27.0 Å². The first-order chi connectivity index (χ1) is 19.5. The summed E-state index contributed by atoms with van der Waals surface area (Å²) in [6, 6.07) is 10.7. The number of rotatable bonds is 16. The van der Waals surface area contributed by atoms with Gasteiger partial charge in [0.2, 0.25) is 11.8 Å². The first kappa shape index (κ1) is 33.7. The van der Waals surface area contributed by atoms with E-state index in [9.17, 15) is 32.7 Å². The number of carbonyl (C=O) groups excluding carboxylic acids is 3. The third kappa shape index (κ3) is 10.8. The largest absolute Gasteiger partial charge is 0.416 e. The Kier molecular flexibility index (Phi) is 13.7. The van der Waals surface area contributed by atoms with Gasteiger partial charge < -0.3 is 36.6 Å². The lowest BCUT2D eigenvalue weighted by Gasteiger charge is -2.29. The van der Waals surface area contributed by atoms with Gasteiger partial charge in [-0.3, -0.25) is 14.4 Å². The number of aryl methyl sites for hydroxylation is 1.